The van der Waals surface area contributed by atoms with E-state index in [4.69, 9.17) is 5.73 Å². The molecule has 0 saturated heterocycles. The summed E-state index contributed by atoms with van der Waals surface area (Å²) in [6.45, 7) is 3.98. The molecule has 2 atom stereocenters. The number of nitrogens with two attached hydrogens (primary N) is 1. The lowest BCUT2D eigenvalue weighted by Gasteiger charge is -2.17. The summed E-state index contributed by atoms with van der Waals surface area (Å²) < 4.78 is 0. The van der Waals surface area contributed by atoms with Crippen LogP contribution in [0.3, 0.4) is 0 Å². The van der Waals surface area contributed by atoms with Crippen LogP contribution in [0.2, 0.25) is 0 Å². The first-order valence-electron chi connectivity index (χ1n) is 5.11. The van der Waals surface area contributed by atoms with E-state index in [0.717, 1.165) is 6.42 Å². The van der Waals surface area contributed by atoms with E-state index in [-0.39, 0.29) is 36.6 Å². The lowest BCUT2D eigenvalue weighted by Crippen LogP contribution is -2.40. The second kappa shape index (κ2) is 9.22. The van der Waals surface area contributed by atoms with Crippen LogP contribution in [-0.2, 0) is 4.79 Å². The van der Waals surface area contributed by atoms with Crippen molar-refractivity contribution in [3.05, 3.63) is 24.5 Å². The summed E-state index contributed by atoms with van der Waals surface area (Å²) >= 11 is 0. The molecule has 1 aromatic heterocycles. The van der Waals surface area contributed by atoms with Gasteiger partial charge in [0.1, 0.15) is 0 Å². The van der Waals surface area contributed by atoms with Gasteiger partial charge in [-0.05, 0) is 18.1 Å². The molecular weight excluding hydrogens is 261 g/mol. The molecule has 1 rings (SSSR count). The van der Waals surface area contributed by atoms with E-state index in [0.29, 0.717) is 5.69 Å². The highest BCUT2D eigenvalue weighted by Gasteiger charge is 2.19. The highest BCUT2D eigenvalue weighted by atomic mass is 35.5. The van der Waals surface area contributed by atoms with Crippen LogP contribution < -0.4 is 11.1 Å². The average Bonchev–Trinajstić information content (AvgIpc) is 2.28. The molecule has 6 heteroatoms. The molecular formula is C11H19Cl2N3O. The third-order valence-corrected chi connectivity index (χ3v) is 2.49. The fourth-order valence-electron chi connectivity index (χ4n) is 1.17. The Morgan fingerprint density at radius 3 is 2.65 bits per heavy atom. The summed E-state index contributed by atoms with van der Waals surface area (Å²) in [5.41, 5.74) is 6.47. The zero-order valence-electron chi connectivity index (χ0n) is 9.92. The Morgan fingerprint density at radius 2 is 2.18 bits per heavy atom. The number of nitrogens with zero attached hydrogens (tertiary/aromatic N) is 1. The van der Waals surface area contributed by atoms with E-state index in [2.05, 4.69) is 10.3 Å². The van der Waals surface area contributed by atoms with Gasteiger partial charge in [-0.3, -0.25) is 9.78 Å². The number of hydrogen-bond donors (Lipinski definition) is 2. The lowest BCUT2D eigenvalue weighted by molar-refractivity contribution is -0.118. The maximum atomic E-state index is 11.6. The maximum Gasteiger partial charge on any atom is 0.241 e. The standard InChI is InChI=1S/C11H17N3O.2ClH/c1-3-8(2)10(12)11(15)14-9-5-4-6-13-7-9;;/h4-8,10H,3,12H2,1-2H3,(H,14,15);2*1H. The number of carbonyl (C=O) groups excluding carboxylic acids is 1. The summed E-state index contributed by atoms with van der Waals surface area (Å²) in [5, 5.41) is 2.73. The molecule has 4 nitrogen and oxygen atoms in total. The van der Waals surface area contributed by atoms with Crippen molar-refractivity contribution in [3.8, 4) is 0 Å². The van der Waals surface area contributed by atoms with Crippen molar-refractivity contribution >= 4 is 36.4 Å². The first-order chi connectivity index (χ1) is 7.15. The Kier molecular flexibility index (Phi) is 10.0. The minimum absolute atomic E-state index is 0. The minimum atomic E-state index is -0.463. The van der Waals surface area contributed by atoms with E-state index >= 15 is 0 Å². The molecule has 1 heterocycles. The molecule has 3 N–H and O–H groups in total. The number of amides is 1. The summed E-state index contributed by atoms with van der Waals surface area (Å²) in [6, 6.07) is 3.09. The number of halogens is 2. The largest absolute Gasteiger partial charge is 0.323 e. The molecule has 0 aromatic carbocycles. The van der Waals surface area contributed by atoms with Gasteiger partial charge in [0.2, 0.25) is 5.91 Å². The molecule has 0 radical (unpaired) electrons. The third-order valence-electron chi connectivity index (χ3n) is 2.49. The number of aromatic nitrogens is 1. The number of rotatable bonds is 4. The SMILES string of the molecule is CCC(C)C(N)C(=O)Nc1cccnc1.Cl.Cl. The summed E-state index contributed by atoms with van der Waals surface area (Å²) in [4.78, 5) is 15.6. The minimum Gasteiger partial charge on any atom is -0.323 e. The summed E-state index contributed by atoms with van der Waals surface area (Å²) in [6.07, 6.45) is 4.15. The Morgan fingerprint density at radius 1 is 1.53 bits per heavy atom. The predicted octanol–water partition coefficient (Wildman–Crippen LogP) is 2.24. The fourth-order valence-corrected chi connectivity index (χ4v) is 1.17. The van der Waals surface area contributed by atoms with Gasteiger partial charge < -0.3 is 11.1 Å². The highest BCUT2D eigenvalue weighted by Crippen LogP contribution is 2.09. The number of nitrogens with one attached hydrogen (secondary N) is 1. The van der Waals surface area contributed by atoms with Gasteiger partial charge in [-0.25, -0.2) is 0 Å². The third kappa shape index (κ3) is 5.86. The predicted molar refractivity (Wildman–Crippen MR) is 74.8 cm³/mol. The molecule has 1 amide bonds. The van der Waals surface area contributed by atoms with E-state index in [9.17, 15) is 4.79 Å². The van der Waals surface area contributed by atoms with Gasteiger partial charge in [0, 0.05) is 6.20 Å². The van der Waals surface area contributed by atoms with Crippen LogP contribution in [0.25, 0.3) is 0 Å². The Labute approximate surface area is 114 Å². The molecule has 2 unspecified atom stereocenters. The van der Waals surface area contributed by atoms with Crippen LogP contribution >= 0.6 is 24.8 Å². The van der Waals surface area contributed by atoms with Gasteiger partial charge in [-0.15, -0.1) is 24.8 Å². The maximum absolute atomic E-state index is 11.6. The lowest BCUT2D eigenvalue weighted by atomic mass is 9.99. The van der Waals surface area contributed by atoms with Crippen LogP contribution in [0, 0.1) is 5.92 Å². The zero-order valence-corrected chi connectivity index (χ0v) is 11.6. The number of carbonyl (C=O) groups is 1. The van der Waals surface area contributed by atoms with Gasteiger partial charge >= 0.3 is 0 Å². The van der Waals surface area contributed by atoms with Gasteiger partial charge in [0.15, 0.2) is 0 Å². The van der Waals surface area contributed by atoms with E-state index < -0.39 is 6.04 Å². The molecule has 0 fully saturated rings. The van der Waals surface area contributed by atoms with E-state index in [1.807, 2.05) is 13.8 Å². The molecule has 17 heavy (non-hydrogen) atoms. The quantitative estimate of drug-likeness (QED) is 0.888. The monoisotopic (exact) mass is 279 g/mol. The van der Waals surface area contributed by atoms with Crippen molar-refractivity contribution in [2.24, 2.45) is 11.7 Å². The summed E-state index contributed by atoms with van der Waals surface area (Å²) in [7, 11) is 0. The van der Waals surface area contributed by atoms with Crippen LogP contribution in [0.1, 0.15) is 20.3 Å². The van der Waals surface area contributed by atoms with Crippen LogP contribution in [-0.4, -0.2) is 16.9 Å². The molecule has 0 bridgehead atoms. The first kappa shape index (κ1) is 18.5. The van der Waals surface area contributed by atoms with Gasteiger partial charge in [-0.1, -0.05) is 20.3 Å². The topological polar surface area (TPSA) is 68.0 Å². The second-order valence-electron chi connectivity index (χ2n) is 3.64. The van der Waals surface area contributed by atoms with Crippen molar-refractivity contribution in [3.63, 3.8) is 0 Å². The molecule has 0 aliphatic rings. The van der Waals surface area contributed by atoms with Crippen molar-refractivity contribution in [2.45, 2.75) is 26.3 Å². The van der Waals surface area contributed by atoms with Crippen molar-refractivity contribution in [1.29, 1.82) is 0 Å². The van der Waals surface area contributed by atoms with Gasteiger partial charge in [-0.2, -0.15) is 0 Å². The Hall–Kier alpha value is -0.840. The van der Waals surface area contributed by atoms with E-state index in [1.165, 1.54) is 0 Å². The molecule has 0 saturated carbocycles. The van der Waals surface area contributed by atoms with Gasteiger partial charge in [0.05, 0.1) is 17.9 Å². The van der Waals surface area contributed by atoms with E-state index in [1.54, 1.807) is 24.5 Å². The second-order valence-corrected chi connectivity index (χ2v) is 3.64. The molecule has 1 aromatic rings. The first-order valence-corrected chi connectivity index (χ1v) is 5.11. The van der Waals surface area contributed by atoms with Gasteiger partial charge in [0.25, 0.3) is 0 Å². The Balaban J connectivity index is 0. The van der Waals surface area contributed by atoms with Crippen LogP contribution in [0.5, 0.6) is 0 Å². The van der Waals surface area contributed by atoms with Crippen LogP contribution in [0.15, 0.2) is 24.5 Å². The molecule has 0 aliphatic carbocycles. The molecule has 0 aliphatic heterocycles. The number of anilines is 1. The van der Waals surface area contributed by atoms with Crippen LogP contribution in [0.4, 0.5) is 5.69 Å². The smallest absolute Gasteiger partial charge is 0.241 e. The Bertz CT molecular complexity index is 322. The number of pyridine rings is 1. The van der Waals surface area contributed by atoms with Crippen molar-refractivity contribution < 1.29 is 4.79 Å². The van der Waals surface area contributed by atoms with Crippen molar-refractivity contribution in [1.82, 2.24) is 4.98 Å². The molecule has 98 valence electrons. The summed E-state index contributed by atoms with van der Waals surface area (Å²) in [5.74, 6) is 0.0269. The van der Waals surface area contributed by atoms with Crippen molar-refractivity contribution in [2.75, 3.05) is 5.32 Å². The fraction of sp³-hybridized carbons (Fsp3) is 0.455. The molecule has 0 spiro atoms. The average molecular weight is 280 g/mol. The highest BCUT2D eigenvalue weighted by molar-refractivity contribution is 5.94. The normalized spacial score (nSPS) is 12.6. The number of hydrogen-bond acceptors (Lipinski definition) is 3. The zero-order chi connectivity index (χ0) is 11.3.